The molecule has 7 nitrogen and oxygen atoms in total. The van der Waals surface area contributed by atoms with Gasteiger partial charge in [0.15, 0.2) is 0 Å². The molecule has 3 rings (SSSR count). The number of hydrogen-bond donors (Lipinski definition) is 1. The van der Waals surface area contributed by atoms with Gasteiger partial charge in [0.2, 0.25) is 0 Å². The molecule has 0 atom stereocenters. The van der Waals surface area contributed by atoms with E-state index < -0.39 is 15.9 Å². The number of aryl methyl sites for hydroxylation is 2. The maximum absolute atomic E-state index is 12.4. The molecular formula is C15H20N4O3S. The second-order valence-electron chi connectivity index (χ2n) is 5.85. The van der Waals surface area contributed by atoms with Crippen LogP contribution in [0.25, 0.3) is 0 Å². The molecule has 2 heterocycles. The molecule has 1 saturated carbocycles. The zero-order valence-electron chi connectivity index (χ0n) is 13.4. The van der Waals surface area contributed by atoms with Crippen molar-refractivity contribution in [2.24, 2.45) is 0 Å². The first-order valence-corrected chi connectivity index (χ1v) is 9.10. The van der Waals surface area contributed by atoms with E-state index in [-0.39, 0.29) is 4.90 Å². The van der Waals surface area contributed by atoms with Crippen molar-refractivity contribution in [3.8, 4) is 0 Å². The number of aromatic nitrogens is 3. The van der Waals surface area contributed by atoms with Crippen LogP contribution in [0.5, 0.6) is 0 Å². The zero-order valence-corrected chi connectivity index (χ0v) is 14.2. The Kier molecular flexibility index (Phi) is 3.79. The monoisotopic (exact) mass is 336 g/mol. The second-order valence-corrected chi connectivity index (χ2v) is 7.53. The average molecular weight is 336 g/mol. The van der Waals surface area contributed by atoms with Gasteiger partial charge in [-0.1, -0.05) is 0 Å². The average Bonchev–Trinajstić information content (AvgIpc) is 3.09. The minimum Gasteiger partial charge on any atom is -0.345 e. The standard InChI is InChI=1S/C15H20N4O3S/c1-4-18-9-13(8-16-18)23(21,22)17-15(20)14-7-10(2)19(11(14)3)12-5-6-12/h7-9,12H,4-6H2,1-3H3,(H,17,20). The lowest BCUT2D eigenvalue weighted by molar-refractivity contribution is 0.0980. The zero-order chi connectivity index (χ0) is 16.8. The van der Waals surface area contributed by atoms with Crippen molar-refractivity contribution in [3.63, 3.8) is 0 Å². The molecule has 0 radical (unpaired) electrons. The fourth-order valence-electron chi connectivity index (χ4n) is 2.79. The molecule has 0 aromatic carbocycles. The Bertz CT molecular complexity index is 859. The van der Waals surface area contributed by atoms with Crippen LogP contribution in [0.4, 0.5) is 0 Å². The molecule has 0 unspecified atom stereocenters. The van der Waals surface area contributed by atoms with E-state index in [1.54, 1.807) is 6.07 Å². The lowest BCUT2D eigenvalue weighted by Crippen LogP contribution is -2.30. The Hall–Kier alpha value is -2.09. The maximum Gasteiger partial charge on any atom is 0.267 e. The van der Waals surface area contributed by atoms with Gasteiger partial charge in [-0.05, 0) is 39.7 Å². The summed E-state index contributed by atoms with van der Waals surface area (Å²) in [7, 11) is -3.91. The van der Waals surface area contributed by atoms with Crippen molar-refractivity contribution in [2.45, 2.75) is 51.1 Å². The van der Waals surface area contributed by atoms with Gasteiger partial charge in [-0.3, -0.25) is 9.48 Å². The summed E-state index contributed by atoms with van der Waals surface area (Å²) < 4.78 is 30.3. The minimum absolute atomic E-state index is 0.0105. The van der Waals surface area contributed by atoms with E-state index in [9.17, 15) is 13.2 Å². The van der Waals surface area contributed by atoms with Crippen LogP contribution < -0.4 is 4.72 Å². The first-order chi connectivity index (χ1) is 10.8. The minimum atomic E-state index is -3.91. The van der Waals surface area contributed by atoms with Crippen molar-refractivity contribution >= 4 is 15.9 Å². The molecule has 0 aliphatic heterocycles. The summed E-state index contributed by atoms with van der Waals surface area (Å²) in [5.41, 5.74) is 2.19. The molecule has 2 aromatic heterocycles. The van der Waals surface area contributed by atoms with Gasteiger partial charge in [0, 0.05) is 30.2 Å². The summed E-state index contributed by atoms with van der Waals surface area (Å²) in [6, 6.07) is 2.18. The SMILES string of the molecule is CCn1cc(S(=O)(=O)NC(=O)c2cc(C)n(C3CC3)c2C)cn1. The number of nitrogens with zero attached hydrogens (tertiary/aromatic N) is 3. The van der Waals surface area contributed by atoms with E-state index in [0.717, 1.165) is 24.2 Å². The third-order valence-corrected chi connectivity index (χ3v) is 5.40. The Morgan fingerprint density at radius 1 is 1.39 bits per heavy atom. The summed E-state index contributed by atoms with van der Waals surface area (Å²) >= 11 is 0. The van der Waals surface area contributed by atoms with Crippen LogP contribution in [-0.4, -0.2) is 28.7 Å². The molecule has 1 N–H and O–H groups in total. The molecule has 124 valence electrons. The topological polar surface area (TPSA) is 86.0 Å². The lowest BCUT2D eigenvalue weighted by atomic mass is 10.2. The van der Waals surface area contributed by atoms with Crippen molar-refractivity contribution in [2.75, 3.05) is 0 Å². The molecular weight excluding hydrogens is 316 g/mol. The van der Waals surface area contributed by atoms with Gasteiger partial charge in [-0.2, -0.15) is 5.10 Å². The van der Waals surface area contributed by atoms with E-state index in [2.05, 4.69) is 14.4 Å². The van der Waals surface area contributed by atoms with Crippen LogP contribution >= 0.6 is 0 Å². The van der Waals surface area contributed by atoms with Crippen LogP contribution in [0.2, 0.25) is 0 Å². The Morgan fingerprint density at radius 3 is 2.65 bits per heavy atom. The Labute approximate surface area is 135 Å². The largest absolute Gasteiger partial charge is 0.345 e. The van der Waals surface area contributed by atoms with Crippen molar-refractivity contribution in [1.82, 2.24) is 19.1 Å². The molecule has 2 aromatic rings. The van der Waals surface area contributed by atoms with Gasteiger partial charge in [-0.15, -0.1) is 0 Å². The summed E-state index contributed by atoms with van der Waals surface area (Å²) in [6.45, 7) is 6.20. The van der Waals surface area contributed by atoms with Gasteiger partial charge in [0.25, 0.3) is 15.9 Å². The summed E-state index contributed by atoms with van der Waals surface area (Å²) in [5, 5.41) is 3.93. The number of amides is 1. The predicted molar refractivity (Wildman–Crippen MR) is 84.7 cm³/mol. The number of hydrogen-bond acceptors (Lipinski definition) is 4. The third-order valence-electron chi connectivity index (χ3n) is 4.11. The van der Waals surface area contributed by atoms with E-state index in [1.807, 2.05) is 20.8 Å². The van der Waals surface area contributed by atoms with E-state index >= 15 is 0 Å². The molecule has 1 amide bonds. The molecule has 0 saturated heterocycles. The number of carbonyl (C=O) groups is 1. The highest BCUT2D eigenvalue weighted by atomic mass is 32.2. The first-order valence-electron chi connectivity index (χ1n) is 7.61. The van der Waals surface area contributed by atoms with Crippen LogP contribution in [0, 0.1) is 13.8 Å². The summed E-state index contributed by atoms with van der Waals surface area (Å²) in [4.78, 5) is 12.4. The third kappa shape index (κ3) is 2.90. The van der Waals surface area contributed by atoms with E-state index in [1.165, 1.54) is 17.1 Å². The molecule has 1 fully saturated rings. The summed E-state index contributed by atoms with van der Waals surface area (Å²) in [5.74, 6) is -0.603. The van der Waals surface area contributed by atoms with Crippen molar-refractivity contribution < 1.29 is 13.2 Å². The molecule has 1 aliphatic rings. The fraction of sp³-hybridized carbons (Fsp3) is 0.467. The van der Waals surface area contributed by atoms with Gasteiger partial charge < -0.3 is 4.57 Å². The summed E-state index contributed by atoms with van der Waals surface area (Å²) in [6.07, 6.45) is 4.85. The van der Waals surface area contributed by atoms with Crippen LogP contribution in [0.3, 0.4) is 0 Å². The first kappa shape index (κ1) is 15.8. The quantitative estimate of drug-likeness (QED) is 0.902. The second kappa shape index (κ2) is 5.52. The highest BCUT2D eigenvalue weighted by Crippen LogP contribution is 2.38. The van der Waals surface area contributed by atoms with E-state index in [0.29, 0.717) is 18.2 Å². The van der Waals surface area contributed by atoms with Crippen molar-refractivity contribution in [1.29, 1.82) is 0 Å². The molecule has 8 heteroatoms. The van der Waals surface area contributed by atoms with Gasteiger partial charge in [0.1, 0.15) is 4.90 Å². The van der Waals surface area contributed by atoms with Gasteiger partial charge in [-0.25, -0.2) is 13.1 Å². The van der Waals surface area contributed by atoms with Crippen LogP contribution in [0.15, 0.2) is 23.4 Å². The highest BCUT2D eigenvalue weighted by molar-refractivity contribution is 7.90. The highest BCUT2D eigenvalue weighted by Gasteiger charge is 2.29. The van der Waals surface area contributed by atoms with Gasteiger partial charge >= 0.3 is 0 Å². The Balaban J connectivity index is 1.85. The molecule has 0 bridgehead atoms. The fourth-order valence-corrected chi connectivity index (χ4v) is 3.71. The lowest BCUT2D eigenvalue weighted by Gasteiger charge is -2.08. The number of nitrogens with one attached hydrogen (secondary N) is 1. The normalized spacial score (nSPS) is 14.9. The number of carbonyl (C=O) groups excluding carboxylic acids is 1. The smallest absolute Gasteiger partial charge is 0.267 e. The predicted octanol–water partition coefficient (Wildman–Crippen LogP) is 1.77. The van der Waals surface area contributed by atoms with Crippen molar-refractivity contribution in [3.05, 3.63) is 35.4 Å². The number of sulfonamides is 1. The Morgan fingerprint density at radius 2 is 2.09 bits per heavy atom. The molecule has 1 aliphatic carbocycles. The molecule has 0 spiro atoms. The van der Waals surface area contributed by atoms with E-state index in [4.69, 9.17) is 0 Å². The van der Waals surface area contributed by atoms with Crippen LogP contribution in [0.1, 0.15) is 47.6 Å². The number of rotatable bonds is 5. The van der Waals surface area contributed by atoms with Gasteiger partial charge in [0.05, 0.1) is 11.8 Å². The van der Waals surface area contributed by atoms with Crippen LogP contribution in [-0.2, 0) is 16.6 Å². The maximum atomic E-state index is 12.4. The molecule has 23 heavy (non-hydrogen) atoms.